The predicted octanol–water partition coefficient (Wildman–Crippen LogP) is 4.07. The molecule has 2 aliphatic heterocycles. The highest BCUT2D eigenvalue weighted by Crippen LogP contribution is 2.55. The van der Waals surface area contributed by atoms with Crippen molar-refractivity contribution in [1.82, 2.24) is 14.2 Å². The Hall–Kier alpha value is -1.41. The Kier molecular flexibility index (Phi) is 4.24. The minimum absolute atomic E-state index is 0.0886. The van der Waals surface area contributed by atoms with Gasteiger partial charge in [-0.2, -0.15) is 0 Å². The average Bonchev–Trinajstić information content (AvgIpc) is 3.08. The van der Waals surface area contributed by atoms with Crippen molar-refractivity contribution < 1.29 is 18.3 Å². The third-order valence-corrected chi connectivity index (χ3v) is 6.34. The van der Waals surface area contributed by atoms with E-state index in [1.54, 1.807) is 22.9 Å². The largest absolute Gasteiger partial charge is 0.444 e. The summed E-state index contributed by atoms with van der Waals surface area (Å²) in [5.74, 6) is -3.29. The standard InChI is InChI=1S/C19H25F2N3O2S/c1-12-15(6-5-14(22-12)13-7-19(13,20)21)27-24-10-18(11-24)8-23(9-18)16(25)26-17(2,3)4/h5-6,13H,7-11H2,1-4H3. The lowest BCUT2D eigenvalue weighted by molar-refractivity contribution is -0.0812. The van der Waals surface area contributed by atoms with Gasteiger partial charge in [-0.15, -0.1) is 0 Å². The van der Waals surface area contributed by atoms with Crippen molar-refractivity contribution in [2.24, 2.45) is 5.41 Å². The first-order chi connectivity index (χ1) is 12.5. The summed E-state index contributed by atoms with van der Waals surface area (Å²) in [6, 6.07) is 3.62. The molecule has 1 saturated carbocycles. The highest BCUT2D eigenvalue weighted by molar-refractivity contribution is 7.97. The van der Waals surface area contributed by atoms with Crippen LogP contribution in [0.15, 0.2) is 17.0 Å². The van der Waals surface area contributed by atoms with Crippen LogP contribution in [0.1, 0.15) is 44.5 Å². The van der Waals surface area contributed by atoms with Crippen molar-refractivity contribution in [3.63, 3.8) is 0 Å². The van der Waals surface area contributed by atoms with Crippen LogP contribution in [0.4, 0.5) is 13.6 Å². The number of aromatic nitrogens is 1. The molecule has 0 bridgehead atoms. The molecule has 1 spiro atoms. The van der Waals surface area contributed by atoms with Crippen molar-refractivity contribution in [3.8, 4) is 0 Å². The van der Waals surface area contributed by atoms with Crippen LogP contribution >= 0.6 is 11.9 Å². The third kappa shape index (κ3) is 3.78. The zero-order valence-electron chi connectivity index (χ0n) is 16.1. The van der Waals surface area contributed by atoms with Crippen LogP contribution < -0.4 is 0 Å². The number of hydrogen-bond donors (Lipinski definition) is 0. The van der Waals surface area contributed by atoms with Crippen LogP contribution in [0.25, 0.3) is 0 Å². The van der Waals surface area contributed by atoms with Gasteiger partial charge in [0, 0.05) is 42.9 Å². The minimum atomic E-state index is -2.58. The van der Waals surface area contributed by atoms with E-state index in [1.165, 1.54) is 0 Å². The maximum Gasteiger partial charge on any atom is 0.410 e. The van der Waals surface area contributed by atoms with Crippen molar-refractivity contribution in [2.45, 2.75) is 56.5 Å². The normalized spacial score (nSPS) is 25.7. The van der Waals surface area contributed by atoms with Crippen LogP contribution in [0.5, 0.6) is 0 Å². The van der Waals surface area contributed by atoms with Gasteiger partial charge in [0.1, 0.15) is 5.60 Å². The number of amides is 1. The molecule has 1 amide bonds. The second-order valence-electron chi connectivity index (χ2n) is 9.06. The van der Waals surface area contributed by atoms with E-state index < -0.39 is 17.4 Å². The molecule has 1 aromatic rings. The lowest BCUT2D eigenvalue weighted by atomic mass is 9.75. The monoisotopic (exact) mass is 397 g/mol. The van der Waals surface area contributed by atoms with E-state index >= 15 is 0 Å². The van der Waals surface area contributed by atoms with Crippen LogP contribution in [0, 0.1) is 12.3 Å². The quantitative estimate of drug-likeness (QED) is 0.720. The Morgan fingerprint density at radius 2 is 1.89 bits per heavy atom. The number of rotatable bonds is 3. The van der Waals surface area contributed by atoms with E-state index in [1.807, 2.05) is 33.8 Å². The second kappa shape index (κ2) is 6.04. The Morgan fingerprint density at radius 1 is 1.26 bits per heavy atom. The van der Waals surface area contributed by atoms with Crippen LogP contribution in [0.3, 0.4) is 0 Å². The van der Waals surface area contributed by atoms with Gasteiger partial charge in [-0.25, -0.2) is 17.9 Å². The van der Waals surface area contributed by atoms with Gasteiger partial charge in [0.2, 0.25) is 0 Å². The number of aryl methyl sites for hydroxylation is 1. The predicted molar refractivity (Wildman–Crippen MR) is 98.9 cm³/mol. The maximum atomic E-state index is 13.2. The van der Waals surface area contributed by atoms with E-state index in [2.05, 4.69) is 9.29 Å². The van der Waals surface area contributed by atoms with E-state index in [4.69, 9.17) is 4.74 Å². The molecular weight excluding hydrogens is 372 g/mol. The molecule has 4 rings (SSSR count). The number of pyridine rings is 1. The molecule has 1 aliphatic carbocycles. The van der Waals surface area contributed by atoms with Crippen LogP contribution in [-0.4, -0.2) is 58.0 Å². The smallest absolute Gasteiger partial charge is 0.410 e. The lowest BCUT2D eigenvalue weighted by Crippen LogP contribution is -2.71. The second-order valence-corrected chi connectivity index (χ2v) is 10.2. The van der Waals surface area contributed by atoms with E-state index in [0.717, 1.165) is 36.8 Å². The van der Waals surface area contributed by atoms with Gasteiger partial charge in [0.25, 0.3) is 5.92 Å². The zero-order valence-corrected chi connectivity index (χ0v) is 16.9. The highest BCUT2D eigenvalue weighted by atomic mass is 32.2. The van der Waals surface area contributed by atoms with Crippen molar-refractivity contribution in [1.29, 1.82) is 0 Å². The third-order valence-electron chi connectivity index (χ3n) is 5.20. The molecule has 0 radical (unpaired) electrons. The molecule has 2 saturated heterocycles. The van der Waals surface area contributed by atoms with Crippen LogP contribution in [-0.2, 0) is 4.74 Å². The Balaban J connectivity index is 1.26. The summed E-state index contributed by atoms with van der Waals surface area (Å²) >= 11 is 1.62. The summed E-state index contributed by atoms with van der Waals surface area (Å²) in [7, 11) is 0. The molecule has 3 aliphatic rings. The number of ether oxygens (including phenoxy) is 1. The van der Waals surface area contributed by atoms with Gasteiger partial charge >= 0.3 is 6.09 Å². The molecule has 27 heavy (non-hydrogen) atoms. The number of nitrogens with zero attached hydrogens (tertiary/aromatic N) is 3. The topological polar surface area (TPSA) is 45.7 Å². The molecule has 0 N–H and O–H groups in total. The summed E-state index contributed by atoms with van der Waals surface area (Å²) in [5.41, 5.74) is 0.989. The van der Waals surface area contributed by atoms with Gasteiger partial charge in [0.15, 0.2) is 0 Å². The molecule has 148 valence electrons. The number of hydrogen-bond acceptors (Lipinski definition) is 5. The Labute approximate surface area is 162 Å². The molecule has 3 fully saturated rings. The molecule has 0 aromatic carbocycles. The fourth-order valence-electron chi connectivity index (χ4n) is 3.72. The van der Waals surface area contributed by atoms with Gasteiger partial charge in [-0.05, 0) is 51.8 Å². The van der Waals surface area contributed by atoms with Crippen molar-refractivity contribution >= 4 is 18.0 Å². The van der Waals surface area contributed by atoms with E-state index in [-0.39, 0.29) is 17.9 Å². The van der Waals surface area contributed by atoms with Gasteiger partial charge in [0.05, 0.1) is 17.3 Å². The summed E-state index contributed by atoms with van der Waals surface area (Å²) < 4.78 is 34.1. The SMILES string of the molecule is Cc1nc(C2CC2(F)F)ccc1SN1CC2(C1)CN(C(=O)OC(C)(C)C)C2. The fraction of sp³-hybridized carbons (Fsp3) is 0.684. The first kappa shape index (κ1) is 18.9. The summed E-state index contributed by atoms with van der Waals surface area (Å²) in [5, 5.41) is 0. The molecule has 5 nitrogen and oxygen atoms in total. The van der Waals surface area contributed by atoms with E-state index in [9.17, 15) is 13.6 Å². The molecule has 1 unspecified atom stereocenters. The van der Waals surface area contributed by atoms with Gasteiger partial charge in [-0.3, -0.25) is 4.98 Å². The van der Waals surface area contributed by atoms with E-state index in [0.29, 0.717) is 5.69 Å². The molecule has 8 heteroatoms. The maximum absolute atomic E-state index is 13.2. The zero-order chi connectivity index (χ0) is 19.6. The lowest BCUT2D eigenvalue weighted by Gasteiger charge is -2.59. The number of likely N-dealkylation sites (tertiary alicyclic amines) is 1. The van der Waals surface area contributed by atoms with Crippen LogP contribution in [0.2, 0.25) is 0 Å². The Morgan fingerprint density at radius 3 is 2.41 bits per heavy atom. The van der Waals surface area contributed by atoms with Crippen molar-refractivity contribution in [3.05, 3.63) is 23.5 Å². The van der Waals surface area contributed by atoms with Gasteiger partial charge in [-0.1, -0.05) is 0 Å². The Bertz CT molecular complexity index is 767. The summed E-state index contributed by atoms with van der Waals surface area (Å²) in [4.78, 5) is 19.2. The number of carbonyl (C=O) groups excluding carboxylic acids is 1. The molecule has 1 aromatic heterocycles. The number of alkyl halides is 2. The first-order valence-electron chi connectivity index (χ1n) is 9.23. The molecule has 3 heterocycles. The number of halogens is 2. The minimum Gasteiger partial charge on any atom is -0.444 e. The summed E-state index contributed by atoms with van der Waals surface area (Å²) in [6.45, 7) is 10.7. The highest BCUT2D eigenvalue weighted by Gasteiger charge is 2.58. The summed E-state index contributed by atoms with van der Waals surface area (Å²) in [6.07, 6.45) is -0.332. The van der Waals surface area contributed by atoms with Crippen molar-refractivity contribution in [2.75, 3.05) is 26.2 Å². The average molecular weight is 397 g/mol. The molecule has 1 atom stereocenters. The first-order valence-corrected chi connectivity index (χ1v) is 10.0. The van der Waals surface area contributed by atoms with Gasteiger partial charge < -0.3 is 9.64 Å². The fourth-order valence-corrected chi connectivity index (χ4v) is 4.98. The molecular formula is C19H25F2N3O2S. The number of carbonyl (C=O) groups is 1.